The second-order valence-corrected chi connectivity index (χ2v) is 6.99. The van der Waals surface area contributed by atoms with E-state index < -0.39 is 0 Å². The molecule has 1 aromatic carbocycles. The van der Waals surface area contributed by atoms with Crippen LogP contribution in [0.4, 0.5) is 0 Å². The third-order valence-corrected chi connectivity index (χ3v) is 5.05. The van der Waals surface area contributed by atoms with Crippen LogP contribution in [0.15, 0.2) is 30.3 Å². The van der Waals surface area contributed by atoms with E-state index in [0.717, 1.165) is 32.3 Å². The second kappa shape index (κ2) is 10.5. The highest BCUT2D eigenvalue weighted by Crippen LogP contribution is 2.38. The summed E-state index contributed by atoms with van der Waals surface area (Å²) in [5.74, 6) is 0.145. The Kier molecular flexibility index (Phi) is 8.26. The van der Waals surface area contributed by atoms with Gasteiger partial charge < -0.3 is 15.8 Å². The van der Waals surface area contributed by atoms with Gasteiger partial charge in [0.15, 0.2) is 0 Å². The summed E-state index contributed by atoms with van der Waals surface area (Å²) >= 11 is 0. The lowest BCUT2D eigenvalue weighted by atomic mass is 9.71. The average molecular weight is 332 g/mol. The van der Waals surface area contributed by atoms with Gasteiger partial charge >= 0.3 is 0 Å². The molecule has 4 nitrogen and oxygen atoms in total. The number of carbonyl (C=O) groups excluding carboxylic acids is 1. The number of nitrogens with one attached hydrogen (secondary N) is 1. The quantitative estimate of drug-likeness (QED) is 0.647. The van der Waals surface area contributed by atoms with Gasteiger partial charge in [-0.25, -0.2) is 0 Å². The topological polar surface area (TPSA) is 64.4 Å². The van der Waals surface area contributed by atoms with E-state index in [-0.39, 0.29) is 11.3 Å². The summed E-state index contributed by atoms with van der Waals surface area (Å²) in [6.45, 7) is 2.73. The number of hydrogen-bond donors (Lipinski definition) is 2. The van der Waals surface area contributed by atoms with Crippen LogP contribution in [0.2, 0.25) is 0 Å². The van der Waals surface area contributed by atoms with E-state index in [4.69, 9.17) is 10.5 Å². The molecule has 0 bridgehead atoms. The van der Waals surface area contributed by atoms with Gasteiger partial charge in [-0.1, -0.05) is 49.6 Å². The summed E-state index contributed by atoms with van der Waals surface area (Å²) in [7, 11) is 0. The number of benzene rings is 1. The molecule has 1 aliphatic carbocycles. The highest BCUT2D eigenvalue weighted by Gasteiger charge is 2.32. The summed E-state index contributed by atoms with van der Waals surface area (Å²) in [5.41, 5.74) is 7.29. The maximum absolute atomic E-state index is 12.1. The highest BCUT2D eigenvalue weighted by atomic mass is 16.5. The Morgan fingerprint density at radius 1 is 1.12 bits per heavy atom. The summed E-state index contributed by atoms with van der Waals surface area (Å²) in [4.78, 5) is 12.1. The summed E-state index contributed by atoms with van der Waals surface area (Å²) < 4.78 is 5.64. The predicted molar refractivity (Wildman–Crippen MR) is 97.8 cm³/mol. The minimum atomic E-state index is 0.0501. The summed E-state index contributed by atoms with van der Waals surface area (Å²) in [5, 5.41) is 3.02. The number of hydrogen-bond acceptors (Lipinski definition) is 3. The van der Waals surface area contributed by atoms with Crippen molar-refractivity contribution in [2.24, 2.45) is 11.1 Å². The van der Waals surface area contributed by atoms with Crippen LogP contribution in [0, 0.1) is 5.41 Å². The maximum atomic E-state index is 12.1. The van der Waals surface area contributed by atoms with Gasteiger partial charge in [-0.05, 0) is 43.2 Å². The van der Waals surface area contributed by atoms with Gasteiger partial charge in [0, 0.05) is 19.6 Å². The number of carbonyl (C=O) groups is 1. The van der Waals surface area contributed by atoms with Gasteiger partial charge in [-0.15, -0.1) is 0 Å². The van der Waals surface area contributed by atoms with Gasteiger partial charge in [0.05, 0.1) is 6.61 Å². The number of rotatable bonds is 10. The number of nitrogens with two attached hydrogens (primary N) is 1. The molecule has 1 aliphatic rings. The molecule has 0 atom stereocenters. The van der Waals surface area contributed by atoms with Crippen LogP contribution in [0.1, 0.15) is 50.5 Å². The zero-order valence-corrected chi connectivity index (χ0v) is 14.8. The molecular formula is C20H32N2O2. The number of amides is 1. The second-order valence-electron chi connectivity index (χ2n) is 6.99. The third kappa shape index (κ3) is 6.62. The first kappa shape index (κ1) is 18.9. The molecule has 24 heavy (non-hydrogen) atoms. The minimum Gasteiger partial charge on any atom is -0.381 e. The molecule has 0 aliphatic heterocycles. The van der Waals surface area contributed by atoms with E-state index in [1.807, 2.05) is 18.2 Å². The Bertz CT molecular complexity index is 470. The van der Waals surface area contributed by atoms with Crippen molar-refractivity contribution in [1.29, 1.82) is 0 Å². The third-order valence-electron chi connectivity index (χ3n) is 5.05. The molecule has 1 fully saturated rings. The van der Waals surface area contributed by atoms with Crippen molar-refractivity contribution < 1.29 is 9.53 Å². The van der Waals surface area contributed by atoms with E-state index in [2.05, 4.69) is 17.4 Å². The van der Waals surface area contributed by atoms with Crippen LogP contribution < -0.4 is 11.1 Å². The molecule has 0 spiro atoms. The van der Waals surface area contributed by atoms with Crippen molar-refractivity contribution in [2.75, 3.05) is 26.3 Å². The Morgan fingerprint density at radius 3 is 2.58 bits per heavy atom. The van der Waals surface area contributed by atoms with Crippen molar-refractivity contribution in [3.05, 3.63) is 35.9 Å². The van der Waals surface area contributed by atoms with Crippen molar-refractivity contribution in [2.45, 2.75) is 51.4 Å². The van der Waals surface area contributed by atoms with Gasteiger partial charge in [0.25, 0.3) is 0 Å². The van der Waals surface area contributed by atoms with Crippen molar-refractivity contribution in [3.63, 3.8) is 0 Å². The smallest absolute Gasteiger partial charge is 0.220 e. The Morgan fingerprint density at radius 2 is 1.88 bits per heavy atom. The van der Waals surface area contributed by atoms with E-state index in [0.29, 0.717) is 26.1 Å². The van der Waals surface area contributed by atoms with E-state index in [1.54, 1.807) is 0 Å². The van der Waals surface area contributed by atoms with Gasteiger partial charge in [-0.2, -0.15) is 0 Å². The SMILES string of the molecule is NCC1(CC(=O)NCCCOCCc2ccccc2)CCCCC1. The molecule has 0 heterocycles. The molecule has 0 aromatic heterocycles. The van der Waals surface area contributed by atoms with Gasteiger partial charge in [0.1, 0.15) is 0 Å². The first-order valence-corrected chi connectivity index (χ1v) is 9.33. The molecule has 0 radical (unpaired) electrons. The molecule has 0 unspecified atom stereocenters. The zero-order chi connectivity index (χ0) is 17.1. The first-order chi connectivity index (χ1) is 11.7. The summed E-state index contributed by atoms with van der Waals surface area (Å²) in [6.07, 6.45) is 8.27. The molecule has 1 amide bonds. The number of ether oxygens (including phenoxy) is 1. The summed E-state index contributed by atoms with van der Waals surface area (Å²) in [6, 6.07) is 10.3. The largest absolute Gasteiger partial charge is 0.381 e. The van der Waals surface area contributed by atoms with E-state index in [1.165, 1.54) is 24.8 Å². The van der Waals surface area contributed by atoms with Crippen LogP contribution >= 0.6 is 0 Å². The monoisotopic (exact) mass is 332 g/mol. The van der Waals surface area contributed by atoms with Crippen LogP contribution in [-0.4, -0.2) is 32.2 Å². The van der Waals surface area contributed by atoms with Crippen LogP contribution in [0.25, 0.3) is 0 Å². The average Bonchev–Trinajstić information content (AvgIpc) is 2.62. The van der Waals surface area contributed by atoms with Crippen LogP contribution in [0.3, 0.4) is 0 Å². The predicted octanol–water partition coefficient (Wildman–Crippen LogP) is 3.05. The van der Waals surface area contributed by atoms with Crippen LogP contribution in [0.5, 0.6) is 0 Å². The van der Waals surface area contributed by atoms with Crippen molar-refractivity contribution in [3.8, 4) is 0 Å². The lowest BCUT2D eigenvalue weighted by molar-refractivity contribution is -0.123. The van der Waals surface area contributed by atoms with Gasteiger partial charge in [0.2, 0.25) is 5.91 Å². The van der Waals surface area contributed by atoms with Gasteiger partial charge in [-0.3, -0.25) is 4.79 Å². The molecule has 1 saturated carbocycles. The minimum absolute atomic E-state index is 0.0501. The molecule has 1 aromatic rings. The molecule has 3 N–H and O–H groups in total. The van der Waals surface area contributed by atoms with E-state index in [9.17, 15) is 4.79 Å². The lowest BCUT2D eigenvalue weighted by Gasteiger charge is -2.35. The van der Waals surface area contributed by atoms with E-state index >= 15 is 0 Å². The van der Waals surface area contributed by atoms with Crippen molar-refractivity contribution in [1.82, 2.24) is 5.32 Å². The fourth-order valence-corrected chi connectivity index (χ4v) is 3.50. The maximum Gasteiger partial charge on any atom is 0.220 e. The first-order valence-electron chi connectivity index (χ1n) is 9.33. The molecule has 0 saturated heterocycles. The molecular weight excluding hydrogens is 300 g/mol. The standard InChI is InChI=1S/C20H32N2O2/c21-17-20(11-5-2-6-12-20)16-19(23)22-13-7-14-24-15-10-18-8-3-1-4-9-18/h1,3-4,8-9H,2,5-7,10-17,21H2,(H,22,23). The normalized spacial score (nSPS) is 16.7. The Labute approximate surface area is 146 Å². The lowest BCUT2D eigenvalue weighted by Crippen LogP contribution is -2.39. The Balaban J connectivity index is 1.51. The molecule has 2 rings (SSSR count). The molecule has 4 heteroatoms. The highest BCUT2D eigenvalue weighted by molar-refractivity contribution is 5.76. The fourth-order valence-electron chi connectivity index (χ4n) is 3.50. The van der Waals surface area contributed by atoms with Crippen molar-refractivity contribution >= 4 is 5.91 Å². The van der Waals surface area contributed by atoms with Crippen LogP contribution in [-0.2, 0) is 16.0 Å². The fraction of sp³-hybridized carbons (Fsp3) is 0.650. The Hall–Kier alpha value is -1.39. The zero-order valence-electron chi connectivity index (χ0n) is 14.8. The molecule has 134 valence electrons.